The van der Waals surface area contributed by atoms with Crippen molar-refractivity contribution in [1.82, 2.24) is 9.88 Å². The Balaban J connectivity index is 1.47. The first-order chi connectivity index (χ1) is 17.1. The molecule has 35 heavy (non-hydrogen) atoms. The van der Waals surface area contributed by atoms with E-state index in [0.717, 1.165) is 84.6 Å². The van der Waals surface area contributed by atoms with Crippen LogP contribution in [0.2, 0.25) is 0 Å². The fraction of sp³-hybridized carbons (Fsp3) is 0.345. The van der Waals surface area contributed by atoms with Gasteiger partial charge in [0.25, 0.3) is 0 Å². The molecule has 1 unspecified atom stereocenters. The number of aromatic nitrogens is 1. The van der Waals surface area contributed by atoms with E-state index in [9.17, 15) is 8.78 Å². The number of anilines is 1. The summed E-state index contributed by atoms with van der Waals surface area (Å²) in [6, 6.07) is 15.8. The predicted molar refractivity (Wildman–Crippen MR) is 136 cm³/mol. The van der Waals surface area contributed by atoms with Gasteiger partial charge in [-0.25, -0.2) is 4.39 Å². The minimum atomic E-state index is -0.336. The number of rotatable bonds is 7. The van der Waals surface area contributed by atoms with Crippen molar-refractivity contribution < 1.29 is 13.5 Å². The highest BCUT2D eigenvalue weighted by Crippen LogP contribution is 2.40. The zero-order valence-electron chi connectivity index (χ0n) is 19.9. The van der Waals surface area contributed by atoms with Gasteiger partial charge in [-0.2, -0.15) is 0 Å². The molecule has 182 valence electrons. The Morgan fingerprint density at radius 1 is 1.03 bits per heavy atom. The third kappa shape index (κ3) is 5.38. The Morgan fingerprint density at radius 3 is 2.69 bits per heavy atom. The number of hydrogen-bond donors (Lipinski definition) is 1. The molecule has 0 radical (unpaired) electrons. The van der Waals surface area contributed by atoms with Gasteiger partial charge < -0.3 is 10.5 Å². The van der Waals surface area contributed by atoms with Crippen molar-refractivity contribution in [3.8, 4) is 5.75 Å². The van der Waals surface area contributed by atoms with Crippen molar-refractivity contribution in [2.75, 3.05) is 32.0 Å². The summed E-state index contributed by atoms with van der Waals surface area (Å²) in [5.74, 6) is 0.490. The fourth-order valence-corrected chi connectivity index (χ4v) is 5.28. The Hall–Kier alpha value is -3.25. The predicted octanol–water partition coefficient (Wildman–Crippen LogP) is 5.91. The molecule has 6 heteroatoms. The molecule has 0 saturated carbocycles. The summed E-state index contributed by atoms with van der Waals surface area (Å²) in [7, 11) is 0. The molecule has 1 aliphatic heterocycles. The van der Waals surface area contributed by atoms with Crippen LogP contribution in [0, 0.1) is 5.82 Å². The van der Waals surface area contributed by atoms with E-state index in [4.69, 9.17) is 10.5 Å². The maximum Gasteiger partial charge on any atom is 0.142 e. The van der Waals surface area contributed by atoms with Crippen molar-refractivity contribution in [2.24, 2.45) is 0 Å². The van der Waals surface area contributed by atoms with Crippen LogP contribution < -0.4 is 10.5 Å². The highest BCUT2D eigenvalue weighted by molar-refractivity contribution is 6.00. The average molecular weight is 476 g/mol. The van der Waals surface area contributed by atoms with Gasteiger partial charge in [0.15, 0.2) is 0 Å². The largest absolute Gasteiger partial charge is 0.489 e. The summed E-state index contributed by atoms with van der Waals surface area (Å²) in [6.07, 6.45) is 7.32. The van der Waals surface area contributed by atoms with Crippen LogP contribution in [0.25, 0.3) is 11.1 Å². The molecular weight excluding hydrogens is 444 g/mol. The van der Waals surface area contributed by atoms with Gasteiger partial charge in [-0.1, -0.05) is 18.2 Å². The first-order valence-electron chi connectivity index (χ1n) is 12.4. The summed E-state index contributed by atoms with van der Waals surface area (Å²) in [5, 5.41) is 0. The maximum absolute atomic E-state index is 14.1. The van der Waals surface area contributed by atoms with Gasteiger partial charge in [0, 0.05) is 31.5 Å². The molecule has 1 fully saturated rings. The number of pyridine rings is 1. The minimum absolute atomic E-state index is 0.121. The van der Waals surface area contributed by atoms with Crippen molar-refractivity contribution >= 4 is 16.8 Å². The molecule has 2 N–H and O–H groups in total. The van der Waals surface area contributed by atoms with Crippen LogP contribution in [0.1, 0.15) is 47.9 Å². The van der Waals surface area contributed by atoms with Crippen LogP contribution in [-0.4, -0.2) is 42.3 Å². The second-order valence-electron chi connectivity index (χ2n) is 9.41. The molecule has 5 rings (SSSR count). The SMILES string of the molecule is Nc1ccc2c(c1)CCCC(c1cncc(F)c1)=C2c1ccc(OC2CCN(CCCF)C2)cc1. The number of fused-ring (bicyclic) bond motifs is 1. The average Bonchev–Trinajstić information content (AvgIpc) is 3.22. The lowest BCUT2D eigenvalue weighted by Crippen LogP contribution is -2.26. The van der Waals surface area contributed by atoms with Crippen LogP contribution in [0.4, 0.5) is 14.5 Å². The number of nitrogens with two attached hydrogens (primary N) is 1. The Bertz CT molecular complexity index is 1210. The van der Waals surface area contributed by atoms with Crippen LogP contribution in [0.3, 0.4) is 0 Å². The molecule has 2 aliphatic rings. The third-order valence-electron chi connectivity index (χ3n) is 6.91. The Kier molecular flexibility index (Phi) is 7.09. The van der Waals surface area contributed by atoms with Crippen molar-refractivity contribution in [2.45, 2.75) is 38.2 Å². The van der Waals surface area contributed by atoms with Gasteiger partial charge >= 0.3 is 0 Å². The van der Waals surface area contributed by atoms with E-state index < -0.39 is 0 Å². The molecular formula is C29H31F2N3O. The van der Waals surface area contributed by atoms with Crippen LogP contribution in [0.15, 0.2) is 60.9 Å². The summed E-state index contributed by atoms with van der Waals surface area (Å²) >= 11 is 0. The summed E-state index contributed by atoms with van der Waals surface area (Å²) in [6.45, 7) is 2.28. The zero-order valence-corrected chi connectivity index (χ0v) is 19.9. The van der Waals surface area contributed by atoms with Crippen LogP contribution >= 0.6 is 0 Å². The highest BCUT2D eigenvalue weighted by atomic mass is 19.1. The van der Waals surface area contributed by atoms with E-state index in [2.05, 4.69) is 28.1 Å². The van der Waals surface area contributed by atoms with Gasteiger partial charge in [0.05, 0.1) is 12.9 Å². The third-order valence-corrected chi connectivity index (χ3v) is 6.91. The molecule has 1 atom stereocenters. The Labute approximate surface area is 205 Å². The van der Waals surface area contributed by atoms with Crippen molar-refractivity contribution in [1.29, 1.82) is 0 Å². The number of ether oxygens (including phenoxy) is 1. The van der Waals surface area contributed by atoms with E-state index in [-0.39, 0.29) is 18.6 Å². The molecule has 0 spiro atoms. The zero-order chi connectivity index (χ0) is 24.2. The monoisotopic (exact) mass is 475 g/mol. The molecule has 1 aromatic heterocycles. The summed E-state index contributed by atoms with van der Waals surface area (Å²) in [4.78, 5) is 6.37. The number of alkyl halides is 1. The van der Waals surface area contributed by atoms with Crippen molar-refractivity contribution in [3.63, 3.8) is 0 Å². The molecule has 3 aromatic rings. The second-order valence-corrected chi connectivity index (χ2v) is 9.41. The number of halogens is 2. The van der Waals surface area contributed by atoms with E-state index >= 15 is 0 Å². The van der Waals surface area contributed by atoms with E-state index in [1.165, 1.54) is 11.8 Å². The Morgan fingerprint density at radius 2 is 1.89 bits per heavy atom. The maximum atomic E-state index is 14.1. The topological polar surface area (TPSA) is 51.4 Å². The molecule has 2 aromatic carbocycles. The number of hydrogen-bond acceptors (Lipinski definition) is 4. The van der Waals surface area contributed by atoms with E-state index in [1.807, 2.05) is 24.3 Å². The molecule has 0 bridgehead atoms. The van der Waals surface area contributed by atoms with Gasteiger partial charge in [0.2, 0.25) is 0 Å². The van der Waals surface area contributed by atoms with Gasteiger partial charge in [-0.05, 0) is 95.8 Å². The molecule has 4 nitrogen and oxygen atoms in total. The van der Waals surface area contributed by atoms with Crippen LogP contribution in [0.5, 0.6) is 5.75 Å². The highest BCUT2D eigenvalue weighted by Gasteiger charge is 2.24. The van der Waals surface area contributed by atoms with Gasteiger partial charge in [-0.15, -0.1) is 0 Å². The number of nitrogen functional groups attached to an aromatic ring is 1. The number of benzene rings is 2. The standard InChI is InChI=1S/C29H31F2N3O/c30-12-2-13-34-14-11-26(19-34)35-25-8-5-20(6-9-25)29-27(22-15-23(31)18-33-17-22)4-1-3-21-16-24(32)7-10-28(21)29/h5-10,15-18,26H,1-4,11-14,19,32H2. The van der Waals surface area contributed by atoms with Crippen molar-refractivity contribution in [3.05, 3.63) is 89.0 Å². The lowest BCUT2D eigenvalue weighted by Gasteiger charge is -2.18. The van der Waals surface area contributed by atoms with Gasteiger partial charge in [-0.3, -0.25) is 14.3 Å². The first kappa shape index (κ1) is 23.5. The second kappa shape index (κ2) is 10.6. The van der Waals surface area contributed by atoms with Crippen LogP contribution in [-0.2, 0) is 6.42 Å². The summed E-state index contributed by atoms with van der Waals surface area (Å²) < 4.78 is 32.8. The quantitative estimate of drug-likeness (QED) is 0.432. The summed E-state index contributed by atoms with van der Waals surface area (Å²) in [5.41, 5.74) is 13.2. The number of likely N-dealkylation sites (tertiary alicyclic amines) is 1. The van der Waals surface area contributed by atoms with E-state index in [0.29, 0.717) is 6.42 Å². The van der Waals surface area contributed by atoms with Gasteiger partial charge in [0.1, 0.15) is 17.7 Å². The molecule has 0 amide bonds. The smallest absolute Gasteiger partial charge is 0.142 e. The lowest BCUT2D eigenvalue weighted by molar-refractivity contribution is 0.198. The molecule has 1 aliphatic carbocycles. The lowest BCUT2D eigenvalue weighted by atomic mass is 9.88. The number of allylic oxidation sites excluding steroid dienone is 1. The fourth-order valence-electron chi connectivity index (χ4n) is 5.28. The first-order valence-corrected chi connectivity index (χ1v) is 12.4. The molecule has 1 saturated heterocycles. The number of aryl methyl sites for hydroxylation is 1. The van der Waals surface area contributed by atoms with E-state index in [1.54, 1.807) is 12.3 Å². The molecule has 2 heterocycles. The minimum Gasteiger partial charge on any atom is -0.489 e. The normalized spacial score (nSPS) is 18.4. The number of nitrogens with zero attached hydrogens (tertiary/aromatic N) is 2.